The number of cyclic esters (lactones) is 1. The predicted octanol–water partition coefficient (Wildman–Crippen LogP) is 3.20. The van der Waals surface area contributed by atoms with Crippen LogP contribution >= 0.6 is 11.3 Å². The third kappa shape index (κ3) is 3.53. The fraction of sp³-hybridized carbons (Fsp3) is 0.294. The molecule has 0 atom stereocenters. The second-order valence-electron chi connectivity index (χ2n) is 5.22. The quantitative estimate of drug-likeness (QED) is 0.916. The first-order valence-corrected chi connectivity index (χ1v) is 8.39. The van der Waals surface area contributed by atoms with Gasteiger partial charge in [-0.3, -0.25) is 9.69 Å². The van der Waals surface area contributed by atoms with Gasteiger partial charge in [-0.1, -0.05) is 6.92 Å². The van der Waals surface area contributed by atoms with Crippen molar-refractivity contribution in [3.63, 3.8) is 0 Å². The van der Waals surface area contributed by atoms with Crippen molar-refractivity contribution in [2.75, 3.05) is 18.1 Å². The third-order valence-corrected chi connectivity index (χ3v) is 4.92. The van der Waals surface area contributed by atoms with Gasteiger partial charge < -0.3 is 10.1 Å². The lowest BCUT2D eigenvalue weighted by Crippen LogP contribution is -2.24. The molecule has 2 heterocycles. The van der Waals surface area contributed by atoms with E-state index in [0.29, 0.717) is 25.3 Å². The van der Waals surface area contributed by atoms with E-state index in [9.17, 15) is 9.59 Å². The molecule has 1 aromatic carbocycles. The topological polar surface area (TPSA) is 58.6 Å². The molecule has 1 aliphatic rings. The van der Waals surface area contributed by atoms with Crippen LogP contribution < -0.4 is 10.2 Å². The SMILES string of the molecule is CCc1ccc(CNC(=O)c2ccc(N3CCOC3=O)cc2)s1. The summed E-state index contributed by atoms with van der Waals surface area (Å²) in [5, 5.41) is 2.92. The summed E-state index contributed by atoms with van der Waals surface area (Å²) in [6.45, 7) is 3.60. The molecule has 0 bridgehead atoms. The average molecular weight is 330 g/mol. The highest BCUT2D eigenvalue weighted by molar-refractivity contribution is 7.11. The molecule has 0 aliphatic carbocycles. The van der Waals surface area contributed by atoms with E-state index in [1.807, 2.05) is 6.07 Å². The minimum atomic E-state index is -0.341. The molecule has 2 amide bonds. The highest BCUT2D eigenvalue weighted by atomic mass is 32.1. The second-order valence-corrected chi connectivity index (χ2v) is 6.47. The molecule has 23 heavy (non-hydrogen) atoms. The molecule has 6 heteroatoms. The van der Waals surface area contributed by atoms with Gasteiger partial charge in [-0.2, -0.15) is 0 Å². The van der Waals surface area contributed by atoms with Crippen molar-refractivity contribution < 1.29 is 14.3 Å². The molecule has 0 radical (unpaired) electrons. The van der Waals surface area contributed by atoms with Crippen molar-refractivity contribution in [1.29, 1.82) is 0 Å². The van der Waals surface area contributed by atoms with Crippen molar-refractivity contribution in [3.05, 3.63) is 51.7 Å². The Bertz CT molecular complexity index is 709. The van der Waals surface area contributed by atoms with E-state index in [-0.39, 0.29) is 12.0 Å². The van der Waals surface area contributed by atoms with E-state index in [2.05, 4.69) is 18.3 Å². The van der Waals surface area contributed by atoms with Crippen LogP contribution in [0.1, 0.15) is 27.0 Å². The Labute approximate surface area is 138 Å². The average Bonchev–Trinajstić information content (AvgIpc) is 3.21. The maximum absolute atomic E-state index is 12.2. The second kappa shape index (κ2) is 6.83. The molecule has 0 unspecified atom stereocenters. The zero-order valence-corrected chi connectivity index (χ0v) is 13.7. The zero-order valence-electron chi connectivity index (χ0n) is 12.9. The lowest BCUT2D eigenvalue weighted by atomic mass is 10.2. The van der Waals surface area contributed by atoms with Crippen LogP contribution in [0.5, 0.6) is 0 Å². The number of amides is 2. The van der Waals surface area contributed by atoms with Gasteiger partial charge in [-0.25, -0.2) is 4.79 Å². The fourth-order valence-electron chi connectivity index (χ4n) is 2.40. The monoisotopic (exact) mass is 330 g/mol. The molecule has 0 saturated carbocycles. The number of thiophene rings is 1. The van der Waals surface area contributed by atoms with E-state index < -0.39 is 0 Å². The van der Waals surface area contributed by atoms with Crippen molar-refractivity contribution >= 4 is 29.0 Å². The van der Waals surface area contributed by atoms with E-state index >= 15 is 0 Å². The lowest BCUT2D eigenvalue weighted by Gasteiger charge is -2.13. The van der Waals surface area contributed by atoms with Gasteiger partial charge in [0.25, 0.3) is 5.91 Å². The Hall–Kier alpha value is -2.34. The van der Waals surface area contributed by atoms with Crippen LogP contribution in [0.3, 0.4) is 0 Å². The van der Waals surface area contributed by atoms with Gasteiger partial charge in [0.1, 0.15) is 6.61 Å². The molecule has 3 rings (SSSR count). The molecule has 1 fully saturated rings. The molecule has 1 saturated heterocycles. The number of carbonyl (C=O) groups excluding carboxylic acids is 2. The van der Waals surface area contributed by atoms with Gasteiger partial charge in [0.05, 0.1) is 13.1 Å². The zero-order chi connectivity index (χ0) is 16.2. The Morgan fingerprint density at radius 3 is 2.57 bits per heavy atom. The summed E-state index contributed by atoms with van der Waals surface area (Å²) in [5.74, 6) is -0.119. The van der Waals surface area contributed by atoms with Crippen LogP contribution in [0.15, 0.2) is 36.4 Å². The molecular formula is C17H18N2O3S. The number of nitrogens with zero attached hydrogens (tertiary/aromatic N) is 1. The molecule has 2 aromatic rings. The number of carbonyl (C=O) groups is 2. The minimum absolute atomic E-state index is 0.119. The molecule has 5 nitrogen and oxygen atoms in total. The third-order valence-electron chi connectivity index (χ3n) is 3.69. The summed E-state index contributed by atoms with van der Waals surface area (Å²) in [6, 6.07) is 11.1. The molecule has 120 valence electrons. The maximum Gasteiger partial charge on any atom is 0.414 e. The van der Waals surface area contributed by atoms with Crippen LogP contribution in [0.4, 0.5) is 10.5 Å². The first-order chi connectivity index (χ1) is 11.2. The van der Waals surface area contributed by atoms with Crippen LogP contribution in [-0.2, 0) is 17.7 Å². The van der Waals surface area contributed by atoms with Crippen LogP contribution in [0.25, 0.3) is 0 Å². The van der Waals surface area contributed by atoms with Gasteiger partial charge >= 0.3 is 6.09 Å². The van der Waals surface area contributed by atoms with E-state index in [4.69, 9.17) is 4.74 Å². The van der Waals surface area contributed by atoms with E-state index in [1.54, 1.807) is 40.5 Å². The number of rotatable bonds is 5. The van der Waals surface area contributed by atoms with Gasteiger partial charge in [0, 0.05) is 21.0 Å². The number of nitrogens with one attached hydrogen (secondary N) is 1. The summed E-state index contributed by atoms with van der Waals surface area (Å²) in [5.41, 5.74) is 1.32. The first-order valence-electron chi connectivity index (χ1n) is 7.57. The predicted molar refractivity (Wildman–Crippen MR) is 90.0 cm³/mol. The summed E-state index contributed by atoms with van der Waals surface area (Å²) in [6.07, 6.45) is 0.672. The number of anilines is 1. The summed E-state index contributed by atoms with van der Waals surface area (Å²) < 4.78 is 4.91. The summed E-state index contributed by atoms with van der Waals surface area (Å²) in [4.78, 5) is 27.7. The van der Waals surface area contributed by atoms with Gasteiger partial charge in [0.15, 0.2) is 0 Å². The summed E-state index contributed by atoms with van der Waals surface area (Å²) >= 11 is 1.72. The molecule has 0 spiro atoms. The van der Waals surface area contributed by atoms with Crippen molar-refractivity contribution in [3.8, 4) is 0 Å². The van der Waals surface area contributed by atoms with Crippen LogP contribution in [-0.4, -0.2) is 25.2 Å². The number of aryl methyl sites for hydroxylation is 1. The Kier molecular flexibility index (Phi) is 4.62. The maximum atomic E-state index is 12.2. The molecule has 1 N–H and O–H groups in total. The Balaban J connectivity index is 1.60. The van der Waals surface area contributed by atoms with Crippen molar-refractivity contribution in [2.45, 2.75) is 19.9 Å². The molecule has 1 aliphatic heterocycles. The normalized spacial score (nSPS) is 14.0. The highest BCUT2D eigenvalue weighted by Crippen LogP contribution is 2.20. The first kappa shape index (κ1) is 15.6. The minimum Gasteiger partial charge on any atom is -0.447 e. The van der Waals surface area contributed by atoms with E-state index in [0.717, 1.165) is 17.0 Å². The van der Waals surface area contributed by atoms with Gasteiger partial charge in [0.2, 0.25) is 0 Å². The van der Waals surface area contributed by atoms with E-state index in [1.165, 1.54) is 4.88 Å². The van der Waals surface area contributed by atoms with Crippen LogP contribution in [0.2, 0.25) is 0 Å². The Morgan fingerprint density at radius 1 is 1.22 bits per heavy atom. The number of ether oxygens (including phenoxy) is 1. The lowest BCUT2D eigenvalue weighted by molar-refractivity contribution is 0.0951. The molecular weight excluding hydrogens is 312 g/mol. The van der Waals surface area contributed by atoms with Crippen LogP contribution in [0, 0.1) is 0 Å². The fourth-order valence-corrected chi connectivity index (χ4v) is 3.30. The summed E-state index contributed by atoms with van der Waals surface area (Å²) in [7, 11) is 0. The van der Waals surface area contributed by atoms with Gasteiger partial charge in [-0.15, -0.1) is 11.3 Å². The standard InChI is InChI=1S/C17H18N2O3S/c1-2-14-7-8-15(23-14)11-18-16(20)12-3-5-13(6-4-12)19-9-10-22-17(19)21/h3-8H,2,9-11H2,1H3,(H,18,20). The smallest absolute Gasteiger partial charge is 0.414 e. The van der Waals surface area contributed by atoms with Crippen molar-refractivity contribution in [1.82, 2.24) is 5.32 Å². The Morgan fingerprint density at radius 2 is 1.96 bits per heavy atom. The number of hydrogen-bond donors (Lipinski definition) is 1. The molecule has 1 aromatic heterocycles. The largest absolute Gasteiger partial charge is 0.447 e. The van der Waals surface area contributed by atoms with Gasteiger partial charge in [-0.05, 0) is 42.8 Å². The highest BCUT2D eigenvalue weighted by Gasteiger charge is 2.23. The number of hydrogen-bond acceptors (Lipinski definition) is 4. The number of benzene rings is 1. The van der Waals surface area contributed by atoms with Crippen molar-refractivity contribution in [2.24, 2.45) is 0 Å².